The largest absolute Gasteiger partial charge is 0.477 e. The summed E-state index contributed by atoms with van der Waals surface area (Å²) in [7, 11) is 0. The molecule has 0 radical (unpaired) electrons. The number of benzene rings is 2. The third-order valence-corrected chi connectivity index (χ3v) is 4.13. The number of nitrogens with one attached hydrogen (secondary N) is 2. The molecule has 0 aliphatic heterocycles. The number of nitrogens with zero attached hydrogens (tertiary/aromatic N) is 2. The number of carboxylic acid groups (broad SMARTS) is 1. The number of rotatable bonds is 4. The van der Waals surface area contributed by atoms with Crippen LogP contribution < -0.4 is 5.73 Å². The van der Waals surface area contributed by atoms with Gasteiger partial charge in [-0.05, 0) is 24.3 Å². The molecule has 12 heteroatoms. The van der Waals surface area contributed by atoms with Crippen molar-refractivity contribution >= 4 is 45.1 Å². The molecule has 1 amide bonds. The fourth-order valence-electron chi connectivity index (χ4n) is 2.71. The summed E-state index contributed by atoms with van der Waals surface area (Å²) in [6.45, 7) is 0. The number of carbonyl (C=O) groups is 2. The van der Waals surface area contributed by atoms with Crippen molar-refractivity contribution in [1.82, 2.24) is 9.97 Å². The summed E-state index contributed by atoms with van der Waals surface area (Å²) in [6, 6.07) is 11.4. The number of amides is 1. The van der Waals surface area contributed by atoms with Crippen LogP contribution in [-0.2, 0) is 0 Å². The molecule has 152 valence electrons. The Morgan fingerprint density at radius 3 is 1.63 bits per heavy atom. The number of carboxylic acids is 1. The van der Waals surface area contributed by atoms with E-state index in [9.17, 15) is 29.8 Å². The summed E-state index contributed by atoms with van der Waals surface area (Å²) in [5, 5.41) is 31.0. The van der Waals surface area contributed by atoms with Gasteiger partial charge in [-0.25, -0.2) is 4.79 Å². The van der Waals surface area contributed by atoms with Crippen LogP contribution in [0, 0.1) is 20.2 Å². The lowest BCUT2D eigenvalue weighted by Crippen LogP contribution is -2.10. The fourth-order valence-corrected chi connectivity index (χ4v) is 2.71. The second kappa shape index (κ2) is 7.71. The van der Waals surface area contributed by atoms with Gasteiger partial charge in [0.1, 0.15) is 11.4 Å². The highest BCUT2D eigenvalue weighted by Crippen LogP contribution is 2.22. The second-order valence-electron chi connectivity index (χ2n) is 6.09. The zero-order valence-electron chi connectivity index (χ0n) is 15.0. The van der Waals surface area contributed by atoms with Crippen LogP contribution in [0.25, 0.3) is 21.8 Å². The van der Waals surface area contributed by atoms with E-state index in [1.54, 1.807) is 12.1 Å². The van der Waals surface area contributed by atoms with Crippen molar-refractivity contribution in [3.05, 3.63) is 80.1 Å². The van der Waals surface area contributed by atoms with Gasteiger partial charge in [-0.2, -0.15) is 0 Å². The molecule has 4 rings (SSSR count). The summed E-state index contributed by atoms with van der Waals surface area (Å²) >= 11 is 0. The average Bonchev–Trinajstić information content (AvgIpc) is 3.31. The molecule has 0 saturated heterocycles. The first-order valence-corrected chi connectivity index (χ1v) is 8.23. The Kier molecular flexibility index (Phi) is 5.14. The van der Waals surface area contributed by atoms with Gasteiger partial charge in [-0.3, -0.25) is 25.0 Å². The maximum Gasteiger partial charge on any atom is 0.352 e. The zero-order chi connectivity index (χ0) is 22.0. The second-order valence-corrected chi connectivity index (χ2v) is 6.09. The predicted octanol–water partition coefficient (Wildman–Crippen LogP) is 2.95. The minimum atomic E-state index is -1.09. The molecule has 0 atom stereocenters. The molecule has 0 saturated carbocycles. The van der Waals surface area contributed by atoms with E-state index in [0.29, 0.717) is 16.4 Å². The smallest absolute Gasteiger partial charge is 0.352 e. The number of aromatic carboxylic acids is 1. The number of nitrogens with two attached hydrogens (primary N) is 1. The van der Waals surface area contributed by atoms with Gasteiger partial charge in [0.05, 0.1) is 20.9 Å². The number of nitro benzene ring substituents is 2. The quantitative estimate of drug-likeness (QED) is 0.292. The lowest BCUT2D eigenvalue weighted by molar-refractivity contribution is -0.384. The molecule has 4 aromatic rings. The van der Waals surface area contributed by atoms with Crippen molar-refractivity contribution < 1.29 is 24.5 Å². The molecule has 0 aliphatic rings. The molecule has 0 unspecified atom stereocenters. The van der Waals surface area contributed by atoms with Crippen molar-refractivity contribution in [1.29, 1.82) is 0 Å². The standard InChI is InChI=1S/C9H7N3O3.C9H6N2O4/c10-9(13)8-3-5-1-2-6(12(14)15)4-7(5)11-8;12-9(13)8-3-5-1-2-6(11(14)15)4-7(5)10-8/h1-4,11H,(H2,10,13);1-4,10H,(H,12,13). The predicted molar refractivity (Wildman–Crippen MR) is 105 cm³/mol. The Balaban J connectivity index is 0.000000171. The van der Waals surface area contributed by atoms with Crippen LogP contribution >= 0.6 is 0 Å². The number of fused-ring (bicyclic) bond motifs is 2. The summed E-state index contributed by atoms with van der Waals surface area (Å²) in [5.41, 5.74) is 6.21. The first kappa shape index (κ1) is 20.0. The van der Waals surface area contributed by atoms with E-state index < -0.39 is 21.7 Å². The number of hydrogen-bond donors (Lipinski definition) is 4. The minimum Gasteiger partial charge on any atom is -0.477 e. The number of hydrogen-bond acceptors (Lipinski definition) is 6. The van der Waals surface area contributed by atoms with Gasteiger partial charge in [0.15, 0.2) is 0 Å². The first-order valence-electron chi connectivity index (χ1n) is 8.23. The van der Waals surface area contributed by atoms with Crippen molar-refractivity contribution in [3.63, 3.8) is 0 Å². The Bertz CT molecular complexity index is 1200. The number of carbonyl (C=O) groups excluding carboxylic acids is 1. The van der Waals surface area contributed by atoms with E-state index in [1.807, 2.05) is 0 Å². The number of aromatic amines is 2. The van der Waals surface area contributed by atoms with Gasteiger partial charge in [0.25, 0.3) is 17.3 Å². The summed E-state index contributed by atoms with van der Waals surface area (Å²) in [4.78, 5) is 46.7. The SMILES string of the molecule is NC(=O)c1cc2ccc([N+](=O)[O-])cc2[nH]1.O=C(O)c1cc2ccc([N+](=O)[O-])cc2[nH]1. The van der Waals surface area contributed by atoms with Crippen LogP contribution in [0.3, 0.4) is 0 Å². The molecule has 2 aromatic heterocycles. The van der Waals surface area contributed by atoms with E-state index >= 15 is 0 Å². The lowest BCUT2D eigenvalue weighted by Gasteiger charge is -1.90. The number of primary amides is 1. The molecule has 12 nitrogen and oxygen atoms in total. The molecule has 2 aromatic carbocycles. The molecule has 0 bridgehead atoms. The van der Waals surface area contributed by atoms with Crippen LogP contribution in [0.2, 0.25) is 0 Å². The van der Waals surface area contributed by atoms with E-state index in [2.05, 4.69) is 9.97 Å². The van der Waals surface area contributed by atoms with Crippen LogP contribution in [0.5, 0.6) is 0 Å². The first-order chi connectivity index (χ1) is 14.2. The van der Waals surface area contributed by atoms with E-state index in [-0.39, 0.29) is 22.8 Å². The summed E-state index contributed by atoms with van der Waals surface area (Å²) in [6.07, 6.45) is 0. The van der Waals surface area contributed by atoms with Gasteiger partial charge in [0, 0.05) is 35.0 Å². The third-order valence-electron chi connectivity index (χ3n) is 4.13. The van der Waals surface area contributed by atoms with E-state index in [4.69, 9.17) is 10.8 Å². The van der Waals surface area contributed by atoms with Gasteiger partial charge in [-0.15, -0.1) is 0 Å². The molecule has 30 heavy (non-hydrogen) atoms. The Hall–Kier alpha value is -4.74. The molecule has 0 fully saturated rings. The van der Waals surface area contributed by atoms with Crippen LogP contribution in [0.4, 0.5) is 11.4 Å². The van der Waals surface area contributed by atoms with E-state index in [0.717, 1.165) is 5.39 Å². The molecule has 5 N–H and O–H groups in total. The third kappa shape index (κ3) is 4.06. The van der Waals surface area contributed by atoms with Crippen molar-refractivity contribution in [3.8, 4) is 0 Å². The Morgan fingerprint density at radius 1 is 0.800 bits per heavy atom. The molecule has 0 aliphatic carbocycles. The van der Waals surface area contributed by atoms with E-state index in [1.165, 1.54) is 36.4 Å². The van der Waals surface area contributed by atoms with Gasteiger partial charge in [-0.1, -0.05) is 0 Å². The van der Waals surface area contributed by atoms with Crippen molar-refractivity contribution in [2.75, 3.05) is 0 Å². The maximum atomic E-state index is 10.8. The maximum absolute atomic E-state index is 10.8. The monoisotopic (exact) mass is 411 g/mol. The number of nitro groups is 2. The van der Waals surface area contributed by atoms with Crippen LogP contribution in [-0.4, -0.2) is 36.8 Å². The fraction of sp³-hybridized carbons (Fsp3) is 0. The number of H-pyrrole nitrogens is 2. The summed E-state index contributed by atoms with van der Waals surface area (Å²) < 4.78 is 0. The highest BCUT2D eigenvalue weighted by Gasteiger charge is 2.11. The van der Waals surface area contributed by atoms with Gasteiger partial charge >= 0.3 is 5.97 Å². The number of non-ortho nitro benzene ring substituents is 2. The Morgan fingerprint density at radius 2 is 1.23 bits per heavy atom. The topological polar surface area (TPSA) is 198 Å². The Labute approximate surface area is 166 Å². The normalized spacial score (nSPS) is 10.4. The lowest BCUT2D eigenvalue weighted by atomic mass is 10.2. The van der Waals surface area contributed by atoms with Gasteiger partial charge in [0.2, 0.25) is 0 Å². The molecular formula is C18H13N5O7. The average molecular weight is 411 g/mol. The highest BCUT2D eigenvalue weighted by atomic mass is 16.6. The minimum absolute atomic E-state index is 0.0190. The van der Waals surface area contributed by atoms with Crippen LogP contribution in [0.15, 0.2) is 48.5 Å². The molecule has 0 spiro atoms. The highest BCUT2D eigenvalue weighted by molar-refractivity contribution is 5.97. The van der Waals surface area contributed by atoms with Crippen molar-refractivity contribution in [2.24, 2.45) is 5.73 Å². The zero-order valence-corrected chi connectivity index (χ0v) is 15.0. The molecular weight excluding hydrogens is 398 g/mol. The number of aromatic nitrogens is 2. The van der Waals surface area contributed by atoms with Gasteiger partial charge < -0.3 is 20.8 Å². The summed E-state index contributed by atoms with van der Waals surface area (Å²) in [5.74, 6) is -1.68. The molecule has 2 heterocycles. The van der Waals surface area contributed by atoms with Crippen molar-refractivity contribution in [2.45, 2.75) is 0 Å². The van der Waals surface area contributed by atoms with Crippen LogP contribution in [0.1, 0.15) is 21.0 Å².